The molecule has 7 nitrogen and oxygen atoms in total. The second-order valence-corrected chi connectivity index (χ2v) is 4.58. The normalized spacial score (nSPS) is 10.4. The van der Waals surface area contributed by atoms with Crippen LogP contribution in [0.2, 0.25) is 0 Å². The zero-order valence-corrected chi connectivity index (χ0v) is 10.9. The first kappa shape index (κ1) is 14.6. The van der Waals surface area contributed by atoms with Gasteiger partial charge in [-0.1, -0.05) is 11.1 Å². The summed E-state index contributed by atoms with van der Waals surface area (Å²) in [5, 5.41) is 6.13. The Morgan fingerprint density at radius 1 is 1.53 bits per heavy atom. The van der Waals surface area contributed by atoms with Gasteiger partial charge in [0.05, 0.1) is 0 Å². The predicted molar refractivity (Wildman–Crippen MR) is 64.5 cm³/mol. The standard InChI is InChI=1S/C12H14N2O5/c1-5-6-17-11(16)19-8-7-18-14-9(8)10(15)13-12(2,3)4/h1,7H,6H2,2-4H3,(H,13,15). The Kier molecular flexibility index (Phi) is 4.53. The molecule has 0 aliphatic rings. The van der Waals surface area contributed by atoms with Gasteiger partial charge in [0.15, 0.2) is 12.9 Å². The van der Waals surface area contributed by atoms with Crippen molar-refractivity contribution >= 4 is 12.1 Å². The minimum Gasteiger partial charge on any atom is -0.421 e. The monoisotopic (exact) mass is 266 g/mol. The topological polar surface area (TPSA) is 90.7 Å². The third-order valence-corrected chi connectivity index (χ3v) is 1.71. The number of amides is 1. The molecule has 102 valence electrons. The molecule has 0 spiro atoms. The molecular formula is C12H14N2O5. The van der Waals surface area contributed by atoms with Gasteiger partial charge in [-0.25, -0.2) is 4.79 Å². The molecule has 1 N–H and O–H groups in total. The number of aromatic nitrogens is 1. The van der Waals surface area contributed by atoms with Gasteiger partial charge in [0.25, 0.3) is 5.91 Å². The van der Waals surface area contributed by atoms with E-state index in [9.17, 15) is 9.59 Å². The summed E-state index contributed by atoms with van der Waals surface area (Å²) in [5.74, 6) is 1.44. The number of hydrogen-bond donors (Lipinski definition) is 1. The van der Waals surface area contributed by atoms with Crippen LogP contribution in [0, 0.1) is 12.3 Å². The molecule has 1 aromatic heterocycles. The van der Waals surface area contributed by atoms with Gasteiger partial charge >= 0.3 is 6.16 Å². The maximum Gasteiger partial charge on any atom is 0.515 e. The van der Waals surface area contributed by atoms with Gasteiger partial charge in [0.2, 0.25) is 11.4 Å². The SMILES string of the molecule is C#CCOC(=O)Oc1conc1C(=O)NC(C)(C)C. The summed E-state index contributed by atoms with van der Waals surface area (Å²) in [6, 6.07) is 0. The first-order valence-corrected chi connectivity index (χ1v) is 5.38. The van der Waals surface area contributed by atoms with Crippen LogP contribution >= 0.6 is 0 Å². The highest BCUT2D eigenvalue weighted by molar-refractivity contribution is 5.95. The van der Waals surface area contributed by atoms with E-state index in [0.29, 0.717) is 0 Å². The van der Waals surface area contributed by atoms with Crippen molar-refractivity contribution in [3.63, 3.8) is 0 Å². The van der Waals surface area contributed by atoms with E-state index in [0.717, 1.165) is 6.26 Å². The Labute approximate surface area is 110 Å². The minimum atomic E-state index is -1.04. The van der Waals surface area contributed by atoms with E-state index >= 15 is 0 Å². The lowest BCUT2D eigenvalue weighted by Gasteiger charge is -2.19. The number of rotatable bonds is 3. The third-order valence-electron chi connectivity index (χ3n) is 1.71. The van der Waals surface area contributed by atoms with Crippen LogP contribution in [-0.2, 0) is 4.74 Å². The van der Waals surface area contributed by atoms with Crippen LogP contribution in [0.5, 0.6) is 5.75 Å². The van der Waals surface area contributed by atoms with E-state index in [1.54, 1.807) is 20.8 Å². The summed E-state index contributed by atoms with van der Waals surface area (Å²) in [5.41, 5.74) is -0.607. The smallest absolute Gasteiger partial charge is 0.421 e. The summed E-state index contributed by atoms with van der Waals surface area (Å²) >= 11 is 0. The van der Waals surface area contributed by atoms with Gasteiger partial charge in [-0.15, -0.1) is 6.42 Å². The van der Waals surface area contributed by atoms with Crippen molar-refractivity contribution < 1.29 is 23.6 Å². The molecule has 1 amide bonds. The summed E-state index contributed by atoms with van der Waals surface area (Å²) in [6.07, 6.45) is 4.91. The second kappa shape index (κ2) is 5.91. The Morgan fingerprint density at radius 2 is 2.21 bits per heavy atom. The third kappa shape index (κ3) is 4.71. The molecule has 0 saturated carbocycles. The number of hydrogen-bond acceptors (Lipinski definition) is 6. The summed E-state index contributed by atoms with van der Waals surface area (Å²) < 4.78 is 13.9. The van der Waals surface area contributed by atoms with E-state index in [1.165, 1.54) is 0 Å². The average molecular weight is 266 g/mol. The van der Waals surface area contributed by atoms with E-state index in [-0.39, 0.29) is 18.1 Å². The van der Waals surface area contributed by atoms with Crippen molar-refractivity contribution in [2.75, 3.05) is 6.61 Å². The first-order valence-electron chi connectivity index (χ1n) is 5.38. The Bertz CT molecular complexity index is 507. The van der Waals surface area contributed by atoms with Gasteiger partial charge in [-0.05, 0) is 20.8 Å². The van der Waals surface area contributed by atoms with Gasteiger partial charge in [0, 0.05) is 5.54 Å². The van der Waals surface area contributed by atoms with Gasteiger partial charge in [-0.2, -0.15) is 0 Å². The van der Waals surface area contributed by atoms with Crippen LogP contribution in [0.4, 0.5) is 4.79 Å². The lowest BCUT2D eigenvalue weighted by Crippen LogP contribution is -2.40. The molecule has 0 radical (unpaired) electrons. The second-order valence-electron chi connectivity index (χ2n) is 4.58. The van der Waals surface area contributed by atoms with E-state index in [4.69, 9.17) is 11.2 Å². The number of nitrogens with one attached hydrogen (secondary N) is 1. The molecule has 0 aliphatic carbocycles. The lowest BCUT2D eigenvalue weighted by atomic mass is 10.1. The van der Waals surface area contributed by atoms with Gasteiger partial charge < -0.3 is 19.3 Å². The minimum absolute atomic E-state index is 0.135. The number of nitrogens with zero attached hydrogens (tertiary/aromatic N) is 1. The molecular weight excluding hydrogens is 252 g/mol. The van der Waals surface area contributed by atoms with E-state index in [1.807, 2.05) is 0 Å². The van der Waals surface area contributed by atoms with E-state index < -0.39 is 17.6 Å². The first-order chi connectivity index (χ1) is 8.83. The number of carbonyl (C=O) groups excluding carboxylic acids is 2. The maximum atomic E-state index is 11.8. The highest BCUT2D eigenvalue weighted by Gasteiger charge is 2.24. The molecule has 1 aromatic rings. The molecule has 1 rings (SSSR count). The lowest BCUT2D eigenvalue weighted by molar-refractivity contribution is 0.0903. The molecule has 0 saturated heterocycles. The zero-order chi connectivity index (χ0) is 14.5. The summed E-state index contributed by atoms with van der Waals surface area (Å²) in [4.78, 5) is 23.0. The van der Waals surface area contributed by atoms with Crippen molar-refractivity contribution in [2.24, 2.45) is 0 Å². The summed E-state index contributed by atoms with van der Waals surface area (Å²) in [6.45, 7) is 5.17. The van der Waals surface area contributed by atoms with Gasteiger partial charge in [0.1, 0.15) is 0 Å². The Morgan fingerprint density at radius 3 is 2.79 bits per heavy atom. The van der Waals surface area contributed by atoms with Crippen molar-refractivity contribution in [2.45, 2.75) is 26.3 Å². The molecule has 0 atom stereocenters. The van der Waals surface area contributed by atoms with Crippen molar-refractivity contribution in [1.82, 2.24) is 10.5 Å². The van der Waals surface area contributed by atoms with Crippen molar-refractivity contribution in [1.29, 1.82) is 0 Å². The highest BCUT2D eigenvalue weighted by Crippen LogP contribution is 2.18. The van der Waals surface area contributed by atoms with Crippen LogP contribution in [0.15, 0.2) is 10.8 Å². The molecule has 0 bridgehead atoms. The van der Waals surface area contributed by atoms with Crippen LogP contribution in [0.25, 0.3) is 0 Å². The number of carbonyl (C=O) groups is 2. The quantitative estimate of drug-likeness (QED) is 0.656. The van der Waals surface area contributed by atoms with E-state index in [2.05, 4.69) is 25.7 Å². The fraction of sp³-hybridized carbons (Fsp3) is 0.417. The highest BCUT2D eigenvalue weighted by atomic mass is 16.7. The fourth-order valence-corrected chi connectivity index (χ4v) is 1.07. The largest absolute Gasteiger partial charge is 0.515 e. The Hall–Kier alpha value is -2.49. The fourth-order valence-electron chi connectivity index (χ4n) is 1.07. The molecule has 0 fully saturated rings. The molecule has 1 heterocycles. The van der Waals surface area contributed by atoms with Crippen molar-refractivity contribution in [3.05, 3.63) is 12.0 Å². The van der Waals surface area contributed by atoms with Crippen LogP contribution < -0.4 is 10.1 Å². The number of terminal acetylenes is 1. The predicted octanol–water partition coefficient (Wildman–Crippen LogP) is 1.35. The molecule has 0 aliphatic heterocycles. The molecule has 0 unspecified atom stereocenters. The Balaban J connectivity index is 2.73. The zero-order valence-electron chi connectivity index (χ0n) is 10.9. The van der Waals surface area contributed by atoms with Crippen LogP contribution in [0.1, 0.15) is 31.3 Å². The number of ether oxygens (including phenoxy) is 2. The molecule has 19 heavy (non-hydrogen) atoms. The maximum absolute atomic E-state index is 11.8. The van der Waals surface area contributed by atoms with Gasteiger partial charge in [-0.3, -0.25) is 4.79 Å². The summed E-state index contributed by atoms with van der Waals surface area (Å²) in [7, 11) is 0. The van der Waals surface area contributed by atoms with Crippen molar-refractivity contribution in [3.8, 4) is 18.1 Å². The van der Waals surface area contributed by atoms with Crippen LogP contribution in [-0.4, -0.2) is 29.4 Å². The average Bonchev–Trinajstić information content (AvgIpc) is 2.72. The molecule has 0 aromatic carbocycles. The molecule has 7 heteroatoms. The van der Waals surface area contributed by atoms with Crippen LogP contribution in [0.3, 0.4) is 0 Å².